The van der Waals surface area contributed by atoms with Crippen LogP contribution >= 0.6 is 23.2 Å². The molecule has 2 N–H and O–H groups in total. The van der Waals surface area contributed by atoms with Crippen molar-refractivity contribution in [2.45, 2.75) is 12.8 Å². The van der Waals surface area contributed by atoms with Crippen molar-refractivity contribution in [2.24, 2.45) is 0 Å². The van der Waals surface area contributed by atoms with Crippen molar-refractivity contribution in [3.8, 4) is 0 Å². The number of urea groups is 1. The summed E-state index contributed by atoms with van der Waals surface area (Å²) in [7, 11) is 0. The summed E-state index contributed by atoms with van der Waals surface area (Å²) in [5.41, 5.74) is 2.30. The number of para-hydroxylation sites is 1. The number of anilines is 3. The summed E-state index contributed by atoms with van der Waals surface area (Å²) in [6.45, 7) is 2.19. The number of benzene rings is 2. The molecule has 3 rings (SSSR count). The van der Waals surface area contributed by atoms with Gasteiger partial charge in [0.2, 0.25) is 0 Å². The summed E-state index contributed by atoms with van der Waals surface area (Å²) >= 11 is 12.1. The van der Waals surface area contributed by atoms with Gasteiger partial charge in [-0.2, -0.15) is 0 Å². The summed E-state index contributed by atoms with van der Waals surface area (Å²) in [5, 5.41) is 6.25. The fraction of sp³-hybridized carbons (Fsp3) is 0.235. The van der Waals surface area contributed by atoms with Gasteiger partial charge < -0.3 is 15.5 Å². The van der Waals surface area contributed by atoms with E-state index < -0.39 is 0 Å². The average Bonchev–Trinajstić information content (AvgIpc) is 3.06. The number of carbonyl (C=O) groups excluding carboxylic acids is 1. The van der Waals surface area contributed by atoms with E-state index >= 15 is 0 Å². The minimum absolute atomic E-state index is 0.381. The van der Waals surface area contributed by atoms with Crippen LogP contribution in [-0.4, -0.2) is 19.1 Å². The SMILES string of the molecule is O=C(Nc1ccc(N2CCCC2)cc1)Nc1c(Cl)cccc1Cl. The normalized spacial score (nSPS) is 13.9. The van der Waals surface area contributed by atoms with Crippen molar-refractivity contribution in [1.29, 1.82) is 0 Å². The summed E-state index contributed by atoms with van der Waals surface area (Å²) in [5.74, 6) is 0. The molecule has 0 unspecified atom stereocenters. The van der Waals surface area contributed by atoms with Gasteiger partial charge in [0, 0.05) is 24.5 Å². The van der Waals surface area contributed by atoms with E-state index in [4.69, 9.17) is 23.2 Å². The Labute approximate surface area is 145 Å². The van der Waals surface area contributed by atoms with Crippen LogP contribution in [0.4, 0.5) is 21.9 Å². The lowest BCUT2D eigenvalue weighted by Gasteiger charge is -2.18. The highest BCUT2D eigenvalue weighted by Crippen LogP contribution is 2.30. The van der Waals surface area contributed by atoms with Gasteiger partial charge in [0.1, 0.15) is 0 Å². The van der Waals surface area contributed by atoms with E-state index in [2.05, 4.69) is 15.5 Å². The van der Waals surface area contributed by atoms with Crippen molar-refractivity contribution >= 4 is 46.3 Å². The van der Waals surface area contributed by atoms with E-state index in [1.807, 2.05) is 24.3 Å². The number of hydrogen-bond donors (Lipinski definition) is 2. The largest absolute Gasteiger partial charge is 0.372 e. The molecular formula is C17H17Cl2N3O. The molecule has 1 saturated heterocycles. The van der Waals surface area contributed by atoms with Gasteiger partial charge in [0.15, 0.2) is 0 Å². The molecule has 2 aromatic rings. The molecule has 1 aliphatic heterocycles. The molecule has 0 radical (unpaired) electrons. The van der Waals surface area contributed by atoms with Gasteiger partial charge in [0.05, 0.1) is 15.7 Å². The highest BCUT2D eigenvalue weighted by Gasteiger charge is 2.13. The van der Waals surface area contributed by atoms with Crippen LogP contribution in [0.5, 0.6) is 0 Å². The lowest BCUT2D eigenvalue weighted by Crippen LogP contribution is -2.20. The highest BCUT2D eigenvalue weighted by atomic mass is 35.5. The number of hydrogen-bond acceptors (Lipinski definition) is 2. The molecule has 0 aliphatic carbocycles. The predicted octanol–water partition coefficient (Wildman–Crippen LogP) is 5.24. The van der Waals surface area contributed by atoms with Gasteiger partial charge in [0.25, 0.3) is 0 Å². The zero-order valence-corrected chi connectivity index (χ0v) is 14.0. The Balaban J connectivity index is 1.63. The third kappa shape index (κ3) is 3.89. The Bertz CT molecular complexity index is 677. The monoisotopic (exact) mass is 349 g/mol. The topological polar surface area (TPSA) is 44.4 Å². The number of amides is 2. The molecule has 0 spiro atoms. The summed E-state index contributed by atoms with van der Waals surface area (Å²) in [4.78, 5) is 14.4. The van der Waals surface area contributed by atoms with Crippen molar-refractivity contribution in [2.75, 3.05) is 28.6 Å². The number of nitrogens with one attached hydrogen (secondary N) is 2. The molecule has 2 aromatic carbocycles. The minimum Gasteiger partial charge on any atom is -0.372 e. The molecule has 0 aromatic heterocycles. The minimum atomic E-state index is -0.381. The second-order valence-corrected chi connectivity index (χ2v) is 6.23. The van der Waals surface area contributed by atoms with Crippen LogP contribution < -0.4 is 15.5 Å². The van der Waals surface area contributed by atoms with Crippen LogP contribution in [0.3, 0.4) is 0 Å². The first-order valence-corrected chi connectivity index (χ1v) is 8.26. The van der Waals surface area contributed by atoms with Crippen LogP contribution in [0.15, 0.2) is 42.5 Å². The van der Waals surface area contributed by atoms with E-state index in [-0.39, 0.29) is 6.03 Å². The quantitative estimate of drug-likeness (QED) is 0.795. The third-order valence-electron chi connectivity index (χ3n) is 3.80. The summed E-state index contributed by atoms with van der Waals surface area (Å²) in [6.07, 6.45) is 2.47. The Morgan fingerprint density at radius 2 is 1.52 bits per heavy atom. The van der Waals surface area contributed by atoms with E-state index in [0.29, 0.717) is 21.4 Å². The standard InChI is InChI=1S/C17H17Cl2N3O/c18-14-4-3-5-15(19)16(14)21-17(23)20-12-6-8-13(9-7-12)22-10-1-2-11-22/h3-9H,1-2,10-11H2,(H2,20,21,23). The zero-order valence-electron chi connectivity index (χ0n) is 12.5. The van der Waals surface area contributed by atoms with Gasteiger partial charge in [-0.25, -0.2) is 4.79 Å². The maximum atomic E-state index is 12.1. The molecule has 1 aliphatic rings. The van der Waals surface area contributed by atoms with Crippen molar-refractivity contribution in [3.05, 3.63) is 52.5 Å². The second kappa shape index (κ2) is 7.11. The average molecular weight is 350 g/mol. The van der Waals surface area contributed by atoms with Gasteiger partial charge >= 0.3 is 6.03 Å². The number of nitrogens with zero attached hydrogens (tertiary/aromatic N) is 1. The van der Waals surface area contributed by atoms with Crippen LogP contribution in [0.2, 0.25) is 10.0 Å². The molecule has 2 amide bonds. The van der Waals surface area contributed by atoms with Gasteiger partial charge in [-0.05, 0) is 49.2 Å². The number of rotatable bonds is 3. The molecule has 23 heavy (non-hydrogen) atoms. The van der Waals surface area contributed by atoms with Crippen molar-refractivity contribution in [3.63, 3.8) is 0 Å². The Morgan fingerprint density at radius 3 is 2.13 bits per heavy atom. The van der Waals surface area contributed by atoms with Gasteiger partial charge in [-0.1, -0.05) is 29.3 Å². The molecule has 0 bridgehead atoms. The van der Waals surface area contributed by atoms with Crippen LogP contribution in [-0.2, 0) is 0 Å². The lowest BCUT2D eigenvalue weighted by atomic mass is 10.2. The molecule has 0 atom stereocenters. The maximum absolute atomic E-state index is 12.1. The molecule has 4 nitrogen and oxygen atoms in total. The Hall–Kier alpha value is -1.91. The van der Waals surface area contributed by atoms with Gasteiger partial charge in [-0.15, -0.1) is 0 Å². The van der Waals surface area contributed by atoms with Crippen molar-refractivity contribution < 1.29 is 4.79 Å². The molecule has 0 saturated carbocycles. The molecule has 1 heterocycles. The van der Waals surface area contributed by atoms with Crippen LogP contribution in [0, 0.1) is 0 Å². The second-order valence-electron chi connectivity index (χ2n) is 5.42. The number of carbonyl (C=O) groups is 1. The lowest BCUT2D eigenvalue weighted by molar-refractivity contribution is 0.262. The Kier molecular flexibility index (Phi) is 4.94. The number of halogens is 2. The predicted molar refractivity (Wildman–Crippen MR) is 97.0 cm³/mol. The fourth-order valence-corrected chi connectivity index (χ4v) is 3.12. The van der Waals surface area contributed by atoms with Crippen LogP contribution in [0.1, 0.15) is 12.8 Å². The smallest absolute Gasteiger partial charge is 0.323 e. The molecular weight excluding hydrogens is 333 g/mol. The molecule has 6 heteroatoms. The van der Waals surface area contributed by atoms with Gasteiger partial charge in [-0.3, -0.25) is 0 Å². The highest BCUT2D eigenvalue weighted by molar-refractivity contribution is 6.39. The first-order valence-electron chi connectivity index (χ1n) is 7.50. The van der Waals surface area contributed by atoms with E-state index in [0.717, 1.165) is 13.1 Å². The summed E-state index contributed by atoms with van der Waals surface area (Å²) < 4.78 is 0. The first-order chi connectivity index (χ1) is 11.1. The van der Waals surface area contributed by atoms with E-state index in [1.165, 1.54) is 18.5 Å². The molecule has 1 fully saturated rings. The third-order valence-corrected chi connectivity index (χ3v) is 4.43. The first kappa shape index (κ1) is 16.0. The zero-order chi connectivity index (χ0) is 16.2. The fourth-order valence-electron chi connectivity index (χ4n) is 2.62. The Morgan fingerprint density at radius 1 is 0.913 bits per heavy atom. The maximum Gasteiger partial charge on any atom is 0.323 e. The van der Waals surface area contributed by atoms with E-state index in [9.17, 15) is 4.79 Å². The van der Waals surface area contributed by atoms with E-state index in [1.54, 1.807) is 18.2 Å². The summed E-state index contributed by atoms with van der Waals surface area (Å²) in [6, 6.07) is 12.5. The molecule has 120 valence electrons. The van der Waals surface area contributed by atoms with Crippen LogP contribution in [0.25, 0.3) is 0 Å². The van der Waals surface area contributed by atoms with Crippen molar-refractivity contribution in [1.82, 2.24) is 0 Å².